The second kappa shape index (κ2) is 10.5. The van der Waals surface area contributed by atoms with Crippen molar-refractivity contribution < 1.29 is 4.92 Å². The highest BCUT2D eigenvalue weighted by molar-refractivity contribution is 6.38. The monoisotopic (exact) mass is 473 g/mol. The van der Waals surface area contributed by atoms with Crippen molar-refractivity contribution in [1.29, 1.82) is 0 Å². The average molecular weight is 474 g/mol. The van der Waals surface area contributed by atoms with Gasteiger partial charge in [-0.2, -0.15) is 5.10 Å². The van der Waals surface area contributed by atoms with E-state index in [0.29, 0.717) is 12.4 Å². The fourth-order valence-electron chi connectivity index (χ4n) is 3.85. The molecule has 0 unspecified atom stereocenters. The molecule has 7 heteroatoms. The summed E-state index contributed by atoms with van der Waals surface area (Å²) in [5, 5.41) is 17.8. The van der Waals surface area contributed by atoms with Gasteiger partial charge in [0.05, 0.1) is 23.0 Å². The fourth-order valence-corrected chi connectivity index (χ4v) is 3.85. The zero-order chi connectivity index (χ0) is 24.7. The van der Waals surface area contributed by atoms with Crippen LogP contribution < -0.4 is 9.91 Å². The highest BCUT2D eigenvalue weighted by Crippen LogP contribution is 2.27. The maximum absolute atomic E-state index is 11.1. The minimum atomic E-state index is -0.392. The first kappa shape index (κ1) is 22.7. The fraction of sp³-hybridized carbons (Fsp3) is 0.0345. The van der Waals surface area contributed by atoms with Gasteiger partial charge in [0.1, 0.15) is 5.71 Å². The van der Waals surface area contributed by atoms with Crippen molar-refractivity contribution >= 4 is 29.0 Å². The lowest BCUT2D eigenvalue weighted by Crippen LogP contribution is -2.23. The zero-order valence-electron chi connectivity index (χ0n) is 19.4. The van der Waals surface area contributed by atoms with Crippen LogP contribution in [-0.4, -0.2) is 16.8 Å². The summed E-state index contributed by atoms with van der Waals surface area (Å²) in [5.41, 5.74) is 4.51. The van der Waals surface area contributed by atoms with E-state index in [4.69, 9.17) is 10.1 Å². The predicted octanol–water partition coefficient (Wildman–Crippen LogP) is 6.40. The van der Waals surface area contributed by atoms with Gasteiger partial charge in [-0.05, 0) is 29.8 Å². The predicted molar refractivity (Wildman–Crippen MR) is 144 cm³/mol. The summed E-state index contributed by atoms with van der Waals surface area (Å²) in [6, 6.07) is 36.4. The molecule has 0 saturated heterocycles. The van der Waals surface area contributed by atoms with Gasteiger partial charge >= 0.3 is 0 Å². The van der Waals surface area contributed by atoms with Crippen LogP contribution in [0.25, 0.3) is 0 Å². The molecular formula is C29H23N5O2. The van der Waals surface area contributed by atoms with Crippen LogP contribution in [-0.2, 0) is 6.54 Å². The van der Waals surface area contributed by atoms with Crippen LogP contribution in [0.5, 0.6) is 0 Å². The van der Waals surface area contributed by atoms with Crippen molar-refractivity contribution in [1.82, 2.24) is 0 Å². The van der Waals surface area contributed by atoms with Crippen molar-refractivity contribution in [2.45, 2.75) is 6.54 Å². The van der Waals surface area contributed by atoms with Gasteiger partial charge in [-0.15, -0.1) is 0 Å². The van der Waals surface area contributed by atoms with Gasteiger partial charge < -0.3 is 4.90 Å². The maximum Gasteiger partial charge on any atom is 0.269 e. The second-order valence-electron chi connectivity index (χ2n) is 8.12. The molecule has 4 aromatic rings. The molecule has 0 aliphatic carbocycles. The molecule has 0 fully saturated rings. The molecular weight excluding hydrogens is 450 g/mol. The summed E-state index contributed by atoms with van der Waals surface area (Å²) in [7, 11) is 0. The molecule has 0 spiro atoms. The van der Waals surface area contributed by atoms with Gasteiger partial charge in [0.15, 0.2) is 5.82 Å². The minimum Gasteiger partial charge on any atom is -0.321 e. The first-order valence-corrected chi connectivity index (χ1v) is 11.5. The number of hydrazone groups is 1. The molecule has 7 nitrogen and oxygen atoms in total. The van der Waals surface area contributed by atoms with Gasteiger partial charge in [0.25, 0.3) is 5.69 Å². The normalized spacial score (nSPS) is 12.9. The molecule has 1 aliphatic heterocycles. The Hall–Kier alpha value is -5.04. The number of nitro groups is 1. The van der Waals surface area contributed by atoms with Gasteiger partial charge in [0, 0.05) is 29.9 Å². The van der Waals surface area contributed by atoms with E-state index in [1.54, 1.807) is 18.3 Å². The van der Waals surface area contributed by atoms with Crippen LogP contribution in [0.3, 0.4) is 0 Å². The molecule has 0 N–H and O–H groups in total. The van der Waals surface area contributed by atoms with Crippen molar-refractivity contribution in [3.8, 4) is 0 Å². The number of anilines is 2. The average Bonchev–Trinajstić information content (AvgIpc) is 3.17. The van der Waals surface area contributed by atoms with Gasteiger partial charge in [-0.1, -0.05) is 78.9 Å². The number of hydrogen-bond acceptors (Lipinski definition) is 6. The van der Waals surface area contributed by atoms with E-state index in [1.165, 1.54) is 12.1 Å². The van der Waals surface area contributed by atoms with Crippen LogP contribution in [0.1, 0.15) is 11.1 Å². The molecule has 36 heavy (non-hydrogen) atoms. The molecule has 0 amide bonds. The quantitative estimate of drug-likeness (QED) is 0.230. The van der Waals surface area contributed by atoms with Gasteiger partial charge in [-0.25, -0.2) is 10.0 Å². The Balaban J connectivity index is 1.57. The molecule has 1 heterocycles. The van der Waals surface area contributed by atoms with Crippen molar-refractivity contribution in [2.24, 2.45) is 10.1 Å². The summed E-state index contributed by atoms with van der Waals surface area (Å²) >= 11 is 0. The molecule has 4 aromatic carbocycles. The Morgan fingerprint density at radius 2 is 1.39 bits per heavy atom. The number of benzene rings is 4. The summed E-state index contributed by atoms with van der Waals surface area (Å²) in [6.07, 6.45) is 3.68. The van der Waals surface area contributed by atoms with Crippen LogP contribution in [0.2, 0.25) is 0 Å². The third-order valence-electron chi connectivity index (χ3n) is 5.69. The van der Waals surface area contributed by atoms with E-state index < -0.39 is 4.92 Å². The third-order valence-corrected chi connectivity index (χ3v) is 5.69. The van der Waals surface area contributed by atoms with Crippen LogP contribution in [0, 0.1) is 10.1 Å². The van der Waals surface area contributed by atoms with E-state index in [9.17, 15) is 10.1 Å². The molecule has 5 rings (SSSR count). The number of non-ortho nitro benzene ring substituents is 1. The Morgan fingerprint density at radius 1 is 0.778 bits per heavy atom. The molecule has 1 aliphatic rings. The number of rotatable bonds is 7. The van der Waals surface area contributed by atoms with Crippen molar-refractivity contribution in [3.63, 3.8) is 0 Å². The zero-order valence-corrected chi connectivity index (χ0v) is 19.4. The molecule has 0 saturated carbocycles. The highest BCUT2D eigenvalue weighted by Gasteiger charge is 2.18. The Kier molecular flexibility index (Phi) is 6.62. The van der Waals surface area contributed by atoms with E-state index in [-0.39, 0.29) is 5.69 Å². The standard InChI is InChI=1S/C29H23N5O2/c35-34(36)27-18-16-23(17-19-27)21-32(25-12-6-2-7-13-25)29-22-33(26-14-8-3-9-15-26)31-28(20-30-29)24-10-4-1-5-11-24/h1-20,22H,21H2. The summed E-state index contributed by atoms with van der Waals surface area (Å²) in [6.45, 7) is 0.467. The molecule has 0 bridgehead atoms. The van der Waals surface area contributed by atoms with E-state index >= 15 is 0 Å². The van der Waals surface area contributed by atoms with Gasteiger partial charge in [0.2, 0.25) is 0 Å². The lowest BCUT2D eigenvalue weighted by atomic mass is 10.1. The van der Waals surface area contributed by atoms with Crippen molar-refractivity contribution in [3.05, 3.63) is 149 Å². The second-order valence-corrected chi connectivity index (χ2v) is 8.12. The molecule has 176 valence electrons. The lowest BCUT2D eigenvalue weighted by molar-refractivity contribution is -0.384. The van der Waals surface area contributed by atoms with Crippen LogP contribution >= 0.6 is 0 Å². The van der Waals surface area contributed by atoms with Gasteiger partial charge in [-0.3, -0.25) is 10.1 Å². The Labute approximate surface area is 209 Å². The Bertz CT molecular complexity index is 1420. The molecule has 0 aromatic heterocycles. The van der Waals surface area contributed by atoms with E-state index in [0.717, 1.165) is 28.2 Å². The summed E-state index contributed by atoms with van der Waals surface area (Å²) < 4.78 is 0. The Morgan fingerprint density at radius 3 is 2.03 bits per heavy atom. The topological polar surface area (TPSA) is 74.3 Å². The number of nitrogens with zero attached hydrogens (tertiary/aromatic N) is 5. The van der Waals surface area contributed by atoms with Crippen LogP contribution in [0.15, 0.2) is 137 Å². The number of nitro benzene ring substituents is 1. The number of aliphatic imine (C=N–C) groups is 1. The SMILES string of the molecule is O=[N+]([O-])c1ccc(CN(C2=CN(c3ccccc3)N=C(c3ccccc3)C=N2)c2ccccc2)cc1. The van der Waals surface area contributed by atoms with E-state index in [1.807, 2.05) is 102 Å². The third kappa shape index (κ3) is 5.20. The largest absolute Gasteiger partial charge is 0.321 e. The smallest absolute Gasteiger partial charge is 0.269 e. The van der Waals surface area contributed by atoms with Crippen LogP contribution in [0.4, 0.5) is 17.1 Å². The highest BCUT2D eigenvalue weighted by atomic mass is 16.6. The molecule has 0 radical (unpaired) electrons. The summed E-state index contributed by atoms with van der Waals surface area (Å²) in [4.78, 5) is 17.6. The maximum atomic E-state index is 11.1. The lowest BCUT2D eigenvalue weighted by Gasteiger charge is -2.26. The molecule has 0 atom stereocenters. The summed E-state index contributed by atoms with van der Waals surface area (Å²) in [5.74, 6) is 0.679. The minimum absolute atomic E-state index is 0.0628. The first-order chi connectivity index (χ1) is 17.7. The number of hydrogen-bond donors (Lipinski definition) is 0. The van der Waals surface area contributed by atoms with E-state index in [2.05, 4.69) is 4.90 Å². The first-order valence-electron chi connectivity index (χ1n) is 11.5. The number of para-hydroxylation sites is 2. The van der Waals surface area contributed by atoms with Crippen molar-refractivity contribution in [2.75, 3.05) is 9.91 Å².